The van der Waals surface area contributed by atoms with Crippen molar-refractivity contribution in [3.63, 3.8) is 0 Å². The van der Waals surface area contributed by atoms with E-state index in [4.69, 9.17) is 23.2 Å². The molecule has 1 heterocycles. The number of fused-ring (bicyclic) bond motifs is 1. The zero-order valence-corrected chi connectivity index (χ0v) is 27.7. The fourth-order valence-electron chi connectivity index (χ4n) is 5.13. The molecule has 47 heavy (non-hydrogen) atoms. The lowest BCUT2D eigenvalue weighted by atomic mass is 10.0. The van der Waals surface area contributed by atoms with Crippen molar-refractivity contribution >= 4 is 57.7 Å². The molecule has 3 aromatic carbocycles. The SMILES string of the molecule is CCCC[C@H](NC(=O)[C@H](Cc1c[nH]c2ccccc12)NC(=O)[C@H](C)NC(=O)c1cccc(Cl)c1Cl)C(O)C(=O)NCc1ccccc1. The first-order valence-corrected chi connectivity index (χ1v) is 16.2. The van der Waals surface area contributed by atoms with Gasteiger partial charge in [0.05, 0.1) is 21.7 Å². The predicted molar refractivity (Wildman–Crippen MR) is 183 cm³/mol. The van der Waals surface area contributed by atoms with E-state index in [9.17, 15) is 24.3 Å². The van der Waals surface area contributed by atoms with Crippen LogP contribution in [0.4, 0.5) is 0 Å². The van der Waals surface area contributed by atoms with E-state index in [0.717, 1.165) is 28.5 Å². The molecule has 0 spiro atoms. The predicted octanol–water partition coefficient (Wildman–Crippen LogP) is 4.67. The molecule has 0 saturated heterocycles. The quantitative estimate of drug-likeness (QED) is 0.108. The molecule has 4 rings (SSSR count). The average molecular weight is 681 g/mol. The third kappa shape index (κ3) is 9.57. The van der Waals surface area contributed by atoms with Gasteiger partial charge in [-0.3, -0.25) is 19.2 Å². The number of halogens is 2. The lowest BCUT2D eigenvalue weighted by Gasteiger charge is -2.27. The minimum atomic E-state index is -1.53. The summed E-state index contributed by atoms with van der Waals surface area (Å²) in [7, 11) is 0. The summed E-state index contributed by atoms with van der Waals surface area (Å²) >= 11 is 12.2. The molecule has 1 unspecified atom stereocenters. The number of benzene rings is 3. The number of para-hydroxylation sites is 1. The summed E-state index contributed by atoms with van der Waals surface area (Å²) in [6, 6.07) is 18.4. The van der Waals surface area contributed by atoms with E-state index in [1.165, 1.54) is 13.0 Å². The maximum absolute atomic E-state index is 13.9. The number of rotatable bonds is 15. The van der Waals surface area contributed by atoms with Gasteiger partial charge in [-0.05, 0) is 42.7 Å². The number of aliphatic hydroxyl groups is 1. The van der Waals surface area contributed by atoms with Gasteiger partial charge in [0, 0.05) is 30.1 Å². The van der Waals surface area contributed by atoms with Gasteiger partial charge in [0.15, 0.2) is 6.10 Å². The first kappa shape index (κ1) is 35.5. The van der Waals surface area contributed by atoms with E-state index in [1.807, 2.05) is 61.5 Å². The standard InChI is InChI=1S/C35H39Cl2N5O5/c1-3-4-16-28(31(43)35(47)39-19-22-11-6-5-7-12-22)41-34(46)29(18-23-20-38-27-17-9-8-13-24(23)27)42-32(44)21(2)40-33(45)25-14-10-15-26(36)30(25)37/h5-15,17,20-21,28-29,31,38,43H,3-4,16,18-19H2,1-2H3,(H,39,47)(H,40,45)(H,41,46)(H,42,44)/t21-,28-,29-,31?/m0/s1. The second-order valence-corrected chi connectivity index (χ2v) is 12.1. The van der Waals surface area contributed by atoms with Gasteiger partial charge in [-0.15, -0.1) is 0 Å². The highest BCUT2D eigenvalue weighted by Gasteiger charge is 2.32. The molecule has 0 fully saturated rings. The maximum atomic E-state index is 13.9. The molecule has 0 radical (unpaired) electrons. The van der Waals surface area contributed by atoms with Crippen LogP contribution in [0.5, 0.6) is 0 Å². The number of carbonyl (C=O) groups excluding carboxylic acids is 4. The van der Waals surface area contributed by atoms with Gasteiger partial charge in [0.25, 0.3) is 11.8 Å². The van der Waals surface area contributed by atoms with E-state index in [2.05, 4.69) is 26.3 Å². The summed E-state index contributed by atoms with van der Waals surface area (Å²) in [4.78, 5) is 56.3. The molecule has 0 bridgehead atoms. The molecule has 4 atom stereocenters. The van der Waals surface area contributed by atoms with Gasteiger partial charge in [-0.1, -0.05) is 97.6 Å². The minimum absolute atomic E-state index is 0.0559. The molecule has 248 valence electrons. The Morgan fingerprint density at radius 2 is 1.57 bits per heavy atom. The Bertz CT molecular complexity index is 1700. The van der Waals surface area contributed by atoms with Crippen LogP contribution >= 0.6 is 23.2 Å². The third-order valence-electron chi connectivity index (χ3n) is 7.82. The summed E-state index contributed by atoms with van der Waals surface area (Å²) in [6.45, 7) is 3.67. The number of carbonyl (C=O) groups is 4. The molecule has 4 aromatic rings. The summed E-state index contributed by atoms with van der Waals surface area (Å²) in [5, 5.41) is 23.1. The first-order chi connectivity index (χ1) is 22.6. The minimum Gasteiger partial charge on any atom is -0.381 e. The van der Waals surface area contributed by atoms with E-state index in [-0.39, 0.29) is 28.6 Å². The van der Waals surface area contributed by atoms with E-state index < -0.39 is 47.9 Å². The molecule has 0 saturated carbocycles. The topological polar surface area (TPSA) is 152 Å². The average Bonchev–Trinajstić information content (AvgIpc) is 3.48. The van der Waals surface area contributed by atoms with Crippen LogP contribution in [-0.4, -0.2) is 57.9 Å². The number of hydrogen-bond donors (Lipinski definition) is 6. The smallest absolute Gasteiger partial charge is 0.253 e. The van der Waals surface area contributed by atoms with Crippen molar-refractivity contribution in [3.05, 3.63) is 106 Å². The Morgan fingerprint density at radius 3 is 2.32 bits per heavy atom. The van der Waals surface area contributed by atoms with E-state index in [1.54, 1.807) is 18.3 Å². The molecule has 10 nitrogen and oxygen atoms in total. The summed E-state index contributed by atoms with van der Waals surface area (Å²) < 4.78 is 0. The lowest BCUT2D eigenvalue weighted by Crippen LogP contribution is -2.57. The van der Waals surface area contributed by atoms with Gasteiger partial charge in [0.1, 0.15) is 12.1 Å². The van der Waals surface area contributed by atoms with Crippen LogP contribution in [-0.2, 0) is 27.3 Å². The van der Waals surface area contributed by atoms with Crippen molar-refractivity contribution in [1.82, 2.24) is 26.3 Å². The molecular weight excluding hydrogens is 641 g/mol. The van der Waals surface area contributed by atoms with Crippen molar-refractivity contribution in [3.8, 4) is 0 Å². The zero-order chi connectivity index (χ0) is 33.9. The number of unbranched alkanes of at least 4 members (excludes halogenated alkanes) is 1. The molecule has 12 heteroatoms. The Balaban J connectivity index is 1.51. The number of aliphatic hydroxyl groups excluding tert-OH is 1. The summed E-state index contributed by atoms with van der Waals surface area (Å²) in [5.74, 6) is -2.44. The second kappa shape index (κ2) is 17.0. The molecule has 4 amide bonds. The van der Waals surface area contributed by atoms with E-state index in [0.29, 0.717) is 12.8 Å². The van der Waals surface area contributed by atoms with Gasteiger partial charge in [-0.2, -0.15) is 0 Å². The fraction of sp³-hybridized carbons (Fsp3) is 0.314. The Hall–Kier alpha value is -4.38. The third-order valence-corrected chi connectivity index (χ3v) is 8.64. The first-order valence-electron chi connectivity index (χ1n) is 15.5. The molecule has 0 aliphatic rings. The van der Waals surface area contributed by atoms with Crippen molar-refractivity contribution in [2.75, 3.05) is 0 Å². The highest BCUT2D eigenvalue weighted by Crippen LogP contribution is 2.25. The Morgan fingerprint density at radius 1 is 0.851 bits per heavy atom. The highest BCUT2D eigenvalue weighted by atomic mass is 35.5. The van der Waals surface area contributed by atoms with Crippen LogP contribution in [0.3, 0.4) is 0 Å². The van der Waals surface area contributed by atoms with Gasteiger partial charge in [0.2, 0.25) is 11.8 Å². The Labute approximate surface area is 283 Å². The number of H-pyrrole nitrogens is 1. The molecule has 0 aliphatic carbocycles. The summed E-state index contributed by atoms with van der Waals surface area (Å²) in [6.07, 6.45) is 2.09. The number of hydrogen-bond acceptors (Lipinski definition) is 5. The zero-order valence-electron chi connectivity index (χ0n) is 26.2. The number of aromatic nitrogens is 1. The van der Waals surface area contributed by atoms with Gasteiger partial charge in [-0.25, -0.2) is 0 Å². The van der Waals surface area contributed by atoms with Crippen molar-refractivity contribution < 1.29 is 24.3 Å². The largest absolute Gasteiger partial charge is 0.381 e. The van der Waals surface area contributed by atoms with Crippen LogP contribution in [0.25, 0.3) is 10.9 Å². The lowest BCUT2D eigenvalue weighted by molar-refractivity contribution is -0.134. The van der Waals surface area contributed by atoms with Crippen molar-refractivity contribution in [1.29, 1.82) is 0 Å². The second-order valence-electron chi connectivity index (χ2n) is 11.3. The molecule has 1 aromatic heterocycles. The molecule has 6 N–H and O–H groups in total. The van der Waals surface area contributed by atoms with Gasteiger partial charge >= 0.3 is 0 Å². The highest BCUT2D eigenvalue weighted by molar-refractivity contribution is 6.43. The van der Waals surface area contributed by atoms with Gasteiger partial charge < -0.3 is 31.4 Å². The summed E-state index contributed by atoms with van der Waals surface area (Å²) in [5.41, 5.74) is 2.60. The normalized spacial score (nSPS) is 13.6. The van der Waals surface area contributed by atoms with Crippen LogP contribution in [0, 0.1) is 0 Å². The van der Waals surface area contributed by atoms with Crippen molar-refractivity contribution in [2.45, 2.75) is 70.3 Å². The maximum Gasteiger partial charge on any atom is 0.253 e. The van der Waals surface area contributed by atoms with Crippen LogP contribution < -0.4 is 21.3 Å². The molecule has 0 aliphatic heterocycles. The Kier molecular flexibility index (Phi) is 12.8. The van der Waals surface area contributed by atoms with Crippen LogP contribution in [0.15, 0.2) is 79.0 Å². The van der Waals surface area contributed by atoms with Crippen molar-refractivity contribution in [2.24, 2.45) is 0 Å². The number of amides is 4. The van der Waals surface area contributed by atoms with Crippen LogP contribution in [0.1, 0.15) is 54.6 Å². The molecular formula is C35H39Cl2N5O5. The number of aromatic amines is 1. The fourth-order valence-corrected chi connectivity index (χ4v) is 5.52. The monoisotopic (exact) mass is 679 g/mol. The number of nitrogens with one attached hydrogen (secondary N) is 5. The van der Waals surface area contributed by atoms with E-state index >= 15 is 0 Å². The van der Waals surface area contributed by atoms with Crippen LogP contribution in [0.2, 0.25) is 10.0 Å².